The largest absolute Gasteiger partial charge is 0.399 e. The van der Waals surface area contributed by atoms with E-state index in [4.69, 9.17) is 5.73 Å². The Morgan fingerprint density at radius 1 is 0.966 bits per heavy atom. The van der Waals surface area contributed by atoms with Gasteiger partial charge in [0.1, 0.15) is 11.2 Å². The van der Waals surface area contributed by atoms with Gasteiger partial charge in [0.05, 0.1) is 11.1 Å². The maximum absolute atomic E-state index is 13.5. The number of aryl methyl sites for hydroxylation is 2. The lowest BCUT2D eigenvalue weighted by atomic mass is 10.1. The highest BCUT2D eigenvalue weighted by Gasteiger charge is 2.18. The summed E-state index contributed by atoms with van der Waals surface area (Å²) < 4.78 is 1.66. The Labute approximate surface area is 166 Å². The van der Waals surface area contributed by atoms with E-state index in [1.54, 1.807) is 10.8 Å². The molecule has 6 heteroatoms. The summed E-state index contributed by atoms with van der Waals surface area (Å²) in [6.45, 7) is 0. The molecule has 3 aromatic heterocycles. The van der Waals surface area contributed by atoms with Crippen LogP contribution in [0.4, 0.5) is 5.69 Å². The van der Waals surface area contributed by atoms with Gasteiger partial charge >= 0.3 is 0 Å². The number of nitrogens with two attached hydrogens (primary N) is 1. The molecule has 0 fully saturated rings. The second-order valence-electron chi connectivity index (χ2n) is 7.02. The molecule has 2 aromatic carbocycles. The lowest BCUT2D eigenvalue weighted by Gasteiger charge is -2.10. The minimum absolute atomic E-state index is 0.117. The van der Waals surface area contributed by atoms with Crippen LogP contribution in [0, 0.1) is 0 Å². The molecule has 6 nitrogen and oxygen atoms in total. The third kappa shape index (κ3) is 2.95. The molecule has 0 atom stereocenters. The number of pyridine rings is 2. The van der Waals surface area contributed by atoms with Gasteiger partial charge in [0.15, 0.2) is 0 Å². The molecule has 0 saturated heterocycles. The number of rotatable bonds is 4. The van der Waals surface area contributed by atoms with Gasteiger partial charge in [-0.3, -0.25) is 14.5 Å². The third-order valence-electron chi connectivity index (χ3n) is 5.14. The number of benzene rings is 2. The summed E-state index contributed by atoms with van der Waals surface area (Å²) in [5.41, 5.74) is 10.5. The van der Waals surface area contributed by atoms with Crippen LogP contribution in [0.25, 0.3) is 27.6 Å². The molecule has 5 rings (SSSR count). The van der Waals surface area contributed by atoms with Crippen LogP contribution < -0.4 is 11.3 Å². The van der Waals surface area contributed by atoms with Crippen molar-refractivity contribution in [3.8, 4) is 5.69 Å². The summed E-state index contributed by atoms with van der Waals surface area (Å²) >= 11 is 0. The number of nitrogens with zero attached hydrogens (tertiary/aromatic N) is 3. The van der Waals surface area contributed by atoms with E-state index in [2.05, 4.69) is 15.2 Å². The maximum Gasteiger partial charge on any atom is 0.268 e. The highest BCUT2D eigenvalue weighted by Crippen LogP contribution is 2.24. The van der Waals surface area contributed by atoms with Gasteiger partial charge in [-0.05, 0) is 54.8 Å². The monoisotopic (exact) mass is 381 g/mol. The van der Waals surface area contributed by atoms with Gasteiger partial charge in [-0.1, -0.05) is 30.3 Å². The van der Waals surface area contributed by atoms with E-state index in [9.17, 15) is 4.79 Å². The molecular formula is C23H19N5O. The Morgan fingerprint density at radius 2 is 1.83 bits per heavy atom. The quantitative estimate of drug-likeness (QED) is 0.465. The zero-order chi connectivity index (χ0) is 19.8. The summed E-state index contributed by atoms with van der Waals surface area (Å²) in [5.74, 6) is 0. The number of para-hydroxylation sites is 1. The number of nitrogen functional groups attached to an aromatic ring is 1. The number of fused-ring (bicyclic) bond motifs is 3. The molecule has 29 heavy (non-hydrogen) atoms. The molecule has 0 aliphatic heterocycles. The van der Waals surface area contributed by atoms with Crippen LogP contribution in [0.2, 0.25) is 0 Å². The van der Waals surface area contributed by atoms with E-state index in [1.165, 1.54) is 0 Å². The molecule has 0 aliphatic carbocycles. The first-order valence-corrected chi connectivity index (χ1v) is 9.49. The van der Waals surface area contributed by atoms with E-state index in [0.29, 0.717) is 23.0 Å². The lowest BCUT2D eigenvalue weighted by molar-refractivity contribution is 0.899. The fourth-order valence-electron chi connectivity index (χ4n) is 3.79. The number of hydrogen-bond donors (Lipinski definition) is 2. The zero-order valence-electron chi connectivity index (χ0n) is 15.7. The van der Waals surface area contributed by atoms with Crippen molar-refractivity contribution < 1.29 is 0 Å². The van der Waals surface area contributed by atoms with Crippen molar-refractivity contribution in [2.24, 2.45) is 0 Å². The van der Waals surface area contributed by atoms with Crippen LogP contribution in [0.15, 0.2) is 77.7 Å². The molecular weight excluding hydrogens is 362 g/mol. The number of aromatic nitrogens is 4. The molecule has 5 aromatic rings. The molecule has 0 saturated carbocycles. The minimum Gasteiger partial charge on any atom is -0.399 e. The van der Waals surface area contributed by atoms with Crippen LogP contribution in [-0.2, 0) is 12.8 Å². The van der Waals surface area contributed by atoms with E-state index in [-0.39, 0.29) is 5.56 Å². The number of H-pyrrole nitrogens is 1. The second kappa shape index (κ2) is 6.91. The van der Waals surface area contributed by atoms with Gasteiger partial charge in [-0.2, -0.15) is 5.10 Å². The number of nitrogens with one attached hydrogen (secondary N) is 1. The first-order valence-electron chi connectivity index (χ1n) is 9.49. The topological polar surface area (TPSA) is 89.6 Å². The predicted molar refractivity (Wildman–Crippen MR) is 115 cm³/mol. The Hall–Kier alpha value is -3.93. The fraction of sp³-hybridized carbons (Fsp3) is 0.0870. The van der Waals surface area contributed by atoms with Gasteiger partial charge in [0, 0.05) is 23.0 Å². The Kier molecular flexibility index (Phi) is 4.09. The first-order chi connectivity index (χ1) is 14.2. The van der Waals surface area contributed by atoms with Crippen molar-refractivity contribution in [3.05, 3.63) is 94.5 Å². The standard InChI is InChI=1S/C23H19N5O/c24-16-7-4-6-15(14-16)11-12-19-20-21(27-26-19)18-10-5-13-25-22(18)28(23(20)29)17-8-2-1-3-9-17/h1-10,13-14H,11-12,24H2,(H,26,27). The smallest absolute Gasteiger partial charge is 0.268 e. The van der Waals surface area contributed by atoms with Gasteiger partial charge in [-0.15, -0.1) is 0 Å². The zero-order valence-corrected chi connectivity index (χ0v) is 15.7. The molecule has 0 amide bonds. The summed E-state index contributed by atoms with van der Waals surface area (Å²) in [7, 11) is 0. The molecule has 142 valence electrons. The molecule has 0 bridgehead atoms. The molecule has 3 heterocycles. The maximum atomic E-state index is 13.5. The van der Waals surface area contributed by atoms with Gasteiger partial charge in [0.2, 0.25) is 0 Å². The highest BCUT2D eigenvalue weighted by atomic mass is 16.1. The van der Waals surface area contributed by atoms with Gasteiger partial charge in [0.25, 0.3) is 5.56 Å². The van der Waals surface area contributed by atoms with Crippen LogP contribution in [0.3, 0.4) is 0 Å². The van der Waals surface area contributed by atoms with Crippen LogP contribution in [0.5, 0.6) is 0 Å². The molecule has 3 N–H and O–H groups in total. The Bertz CT molecular complexity index is 1390. The molecule has 0 unspecified atom stereocenters. The van der Waals surface area contributed by atoms with Crippen LogP contribution >= 0.6 is 0 Å². The number of hydrogen-bond acceptors (Lipinski definition) is 4. The fourth-order valence-corrected chi connectivity index (χ4v) is 3.79. The van der Waals surface area contributed by atoms with Crippen molar-refractivity contribution in [1.29, 1.82) is 0 Å². The Morgan fingerprint density at radius 3 is 2.66 bits per heavy atom. The van der Waals surface area contributed by atoms with Crippen molar-refractivity contribution >= 4 is 27.6 Å². The number of anilines is 1. The van der Waals surface area contributed by atoms with Crippen LogP contribution in [-0.4, -0.2) is 19.7 Å². The van der Waals surface area contributed by atoms with Crippen molar-refractivity contribution in [2.45, 2.75) is 12.8 Å². The van der Waals surface area contributed by atoms with E-state index in [0.717, 1.165) is 34.4 Å². The number of aromatic amines is 1. The first kappa shape index (κ1) is 17.2. The van der Waals surface area contributed by atoms with Gasteiger partial charge in [-0.25, -0.2) is 4.98 Å². The normalized spacial score (nSPS) is 11.3. The van der Waals surface area contributed by atoms with Gasteiger partial charge < -0.3 is 5.73 Å². The van der Waals surface area contributed by atoms with E-state index in [1.807, 2.05) is 66.7 Å². The third-order valence-corrected chi connectivity index (χ3v) is 5.14. The Balaban J connectivity index is 1.70. The summed E-state index contributed by atoms with van der Waals surface area (Å²) in [6.07, 6.45) is 3.12. The molecule has 0 radical (unpaired) electrons. The van der Waals surface area contributed by atoms with Crippen molar-refractivity contribution in [2.75, 3.05) is 5.73 Å². The second-order valence-corrected chi connectivity index (χ2v) is 7.02. The lowest BCUT2D eigenvalue weighted by Crippen LogP contribution is -2.20. The van der Waals surface area contributed by atoms with Crippen LogP contribution in [0.1, 0.15) is 11.3 Å². The average Bonchev–Trinajstić information content (AvgIpc) is 3.18. The van der Waals surface area contributed by atoms with Crippen molar-refractivity contribution in [3.63, 3.8) is 0 Å². The van der Waals surface area contributed by atoms with E-state index < -0.39 is 0 Å². The van der Waals surface area contributed by atoms with Crippen molar-refractivity contribution in [1.82, 2.24) is 19.7 Å². The summed E-state index contributed by atoms with van der Waals surface area (Å²) in [6, 6.07) is 21.2. The SMILES string of the molecule is Nc1cccc(CCc2[nH]nc3c2c(=O)n(-c2ccccc2)c2ncccc32)c1. The highest BCUT2D eigenvalue weighted by molar-refractivity contribution is 6.03. The van der Waals surface area contributed by atoms with E-state index >= 15 is 0 Å². The molecule has 0 spiro atoms. The summed E-state index contributed by atoms with van der Waals surface area (Å²) in [4.78, 5) is 18.0. The molecule has 0 aliphatic rings. The average molecular weight is 381 g/mol. The summed E-state index contributed by atoms with van der Waals surface area (Å²) in [5, 5.41) is 9.01. The predicted octanol–water partition coefficient (Wildman–Crippen LogP) is 3.63. The minimum atomic E-state index is -0.117.